The van der Waals surface area contributed by atoms with E-state index in [4.69, 9.17) is 4.84 Å². The number of hydrogen-bond donors (Lipinski definition) is 0. The van der Waals surface area contributed by atoms with Crippen molar-refractivity contribution in [3.63, 3.8) is 0 Å². The van der Waals surface area contributed by atoms with Gasteiger partial charge in [-0.1, -0.05) is 53.7 Å². The summed E-state index contributed by atoms with van der Waals surface area (Å²) in [5.41, 5.74) is 6.07. The first-order valence-corrected chi connectivity index (χ1v) is 9.43. The van der Waals surface area contributed by atoms with E-state index < -0.39 is 4.92 Å². The Morgan fingerprint density at radius 2 is 1.72 bits per heavy atom. The Balaban J connectivity index is 1.45. The summed E-state index contributed by atoms with van der Waals surface area (Å²) in [5.74, 6) is 0. The average molecular weight is 387 g/mol. The number of nitrogens with zero attached hydrogens (tertiary/aromatic N) is 3. The summed E-state index contributed by atoms with van der Waals surface area (Å²) in [6.45, 7) is 3.71. The number of para-hydroxylation sites is 1. The molecule has 0 amide bonds. The highest BCUT2D eigenvalue weighted by atomic mass is 16.6. The van der Waals surface area contributed by atoms with Crippen molar-refractivity contribution >= 4 is 17.1 Å². The second kappa shape index (κ2) is 8.14. The number of anilines is 1. The van der Waals surface area contributed by atoms with Crippen LogP contribution in [0, 0.1) is 10.1 Å². The molecule has 0 radical (unpaired) electrons. The summed E-state index contributed by atoms with van der Waals surface area (Å²) in [6.07, 6.45) is 0. The topological polar surface area (TPSA) is 68.0 Å². The quantitative estimate of drug-likeness (QED) is 0.337. The Kier molecular flexibility index (Phi) is 5.24. The number of nitro groups is 1. The highest BCUT2D eigenvalue weighted by Crippen LogP contribution is 2.28. The molecule has 29 heavy (non-hydrogen) atoms. The first-order valence-electron chi connectivity index (χ1n) is 9.43. The van der Waals surface area contributed by atoms with Crippen LogP contribution in [0.25, 0.3) is 0 Å². The van der Waals surface area contributed by atoms with Crippen LogP contribution in [0.1, 0.15) is 29.2 Å². The molecule has 0 spiro atoms. The third-order valence-electron chi connectivity index (χ3n) is 5.08. The van der Waals surface area contributed by atoms with E-state index in [0.717, 1.165) is 30.1 Å². The van der Waals surface area contributed by atoms with Crippen molar-refractivity contribution in [2.45, 2.75) is 26.6 Å². The smallest absolute Gasteiger partial charge is 0.276 e. The van der Waals surface area contributed by atoms with Gasteiger partial charge in [0.05, 0.1) is 16.2 Å². The molecule has 146 valence electrons. The molecule has 0 aromatic heterocycles. The first kappa shape index (κ1) is 18.7. The first-order chi connectivity index (χ1) is 14.1. The fraction of sp³-hybridized carbons (Fsp3) is 0.174. The van der Waals surface area contributed by atoms with Crippen LogP contribution < -0.4 is 4.90 Å². The van der Waals surface area contributed by atoms with Crippen LogP contribution in [0.3, 0.4) is 0 Å². The molecule has 0 saturated heterocycles. The van der Waals surface area contributed by atoms with Crippen LogP contribution >= 0.6 is 0 Å². The maximum absolute atomic E-state index is 11.1. The van der Waals surface area contributed by atoms with Gasteiger partial charge in [-0.2, -0.15) is 0 Å². The number of rotatable bonds is 6. The standard InChI is InChI=1S/C23H21N3O3/c1-17(24-29-16-21-9-4-5-12-23(21)26(27)28)18-10-6-11-22(13-18)25-14-19-7-2-3-8-20(19)15-25/h2-13H,14-16H2,1H3/b24-17-. The zero-order valence-corrected chi connectivity index (χ0v) is 16.1. The lowest BCUT2D eigenvalue weighted by molar-refractivity contribution is -0.386. The van der Waals surface area contributed by atoms with Gasteiger partial charge in [0.1, 0.15) is 6.61 Å². The molecule has 0 N–H and O–H groups in total. The summed E-state index contributed by atoms with van der Waals surface area (Å²) in [5, 5.41) is 15.3. The maximum Gasteiger partial charge on any atom is 0.276 e. The Hall–Kier alpha value is -3.67. The summed E-state index contributed by atoms with van der Waals surface area (Å²) < 4.78 is 0. The predicted octanol–water partition coefficient (Wildman–Crippen LogP) is 5.06. The molecule has 0 saturated carbocycles. The third kappa shape index (κ3) is 4.11. The van der Waals surface area contributed by atoms with Gasteiger partial charge < -0.3 is 9.74 Å². The zero-order valence-electron chi connectivity index (χ0n) is 16.1. The molecular weight excluding hydrogens is 366 g/mol. The largest absolute Gasteiger partial charge is 0.390 e. The number of nitro benzene ring substituents is 1. The summed E-state index contributed by atoms with van der Waals surface area (Å²) in [4.78, 5) is 18.4. The van der Waals surface area contributed by atoms with Crippen LogP contribution in [0.2, 0.25) is 0 Å². The van der Waals surface area contributed by atoms with Gasteiger partial charge in [0.25, 0.3) is 5.69 Å². The summed E-state index contributed by atoms with van der Waals surface area (Å²) >= 11 is 0. The number of benzene rings is 3. The number of hydrogen-bond acceptors (Lipinski definition) is 5. The van der Waals surface area contributed by atoms with Crippen molar-refractivity contribution in [1.82, 2.24) is 0 Å². The molecular formula is C23H21N3O3. The maximum atomic E-state index is 11.1. The van der Waals surface area contributed by atoms with Crippen molar-refractivity contribution in [3.8, 4) is 0 Å². The van der Waals surface area contributed by atoms with Crippen molar-refractivity contribution in [1.29, 1.82) is 0 Å². The lowest BCUT2D eigenvalue weighted by Crippen LogP contribution is -2.14. The second-order valence-corrected chi connectivity index (χ2v) is 7.01. The van der Waals surface area contributed by atoms with E-state index in [0.29, 0.717) is 5.56 Å². The Morgan fingerprint density at radius 3 is 2.45 bits per heavy atom. The fourth-order valence-electron chi connectivity index (χ4n) is 3.51. The van der Waals surface area contributed by atoms with Crippen LogP contribution in [-0.2, 0) is 24.5 Å². The van der Waals surface area contributed by atoms with Gasteiger partial charge in [0.15, 0.2) is 0 Å². The number of oxime groups is 1. The number of fused-ring (bicyclic) bond motifs is 1. The third-order valence-corrected chi connectivity index (χ3v) is 5.08. The van der Waals surface area contributed by atoms with E-state index in [-0.39, 0.29) is 12.3 Å². The Labute approximate surface area is 169 Å². The van der Waals surface area contributed by atoms with E-state index in [9.17, 15) is 10.1 Å². The molecule has 4 rings (SSSR count). The van der Waals surface area contributed by atoms with Crippen LogP contribution in [0.5, 0.6) is 0 Å². The molecule has 3 aromatic carbocycles. The molecule has 0 fully saturated rings. The van der Waals surface area contributed by atoms with E-state index in [1.54, 1.807) is 18.2 Å². The van der Waals surface area contributed by atoms with Crippen molar-refractivity contribution in [3.05, 3.63) is 105 Å². The minimum atomic E-state index is -0.410. The SMILES string of the molecule is C/C(=N/OCc1ccccc1[N+](=O)[O-])c1cccc(N2Cc3ccccc3C2)c1. The van der Waals surface area contributed by atoms with Crippen molar-refractivity contribution in [2.24, 2.45) is 5.16 Å². The molecule has 0 unspecified atom stereocenters. The molecule has 1 aliphatic rings. The highest BCUT2D eigenvalue weighted by molar-refractivity contribution is 5.99. The Morgan fingerprint density at radius 1 is 1.03 bits per heavy atom. The van der Waals surface area contributed by atoms with E-state index >= 15 is 0 Å². The van der Waals surface area contributed by atoms with E-state index in [1.165, 1.54) is 17.2 Å². The van der Waals surface area contributed by atoms with Gasteiger partial charge in [0, 0.05) is 30.4 Å². The zero-order chi connectivity index (χ0) is 20.2. The summed E-state index contributed by atoms with van der Waals surface area (Å²) in [7, 11) is 0. The Bertz CT molecular complexity index is 1050. The molecule has 1 aliphatic heterocycles. The van der Waals surface area contributed by atoms with E-state index in [1.807, 2.05) is 19.1 Å². The normalized spacial score (nSPS) is 13.3. The fourth-order valence-corrected chi connectivity index (χ4v) is 3.51. The van der Waals surface area contributed by atoms with Gasteiger partial charge in [-0.3, -0.25) is 10.1 Å². The van der Waals surface area contributed by atoms with Gasteiger partial charge in [-0.25, -0.2) is 0 Å². The molecule has 6 nitrogen and oxygen atoms in total. The monoisotopic (exact) mass is 387 g/mol. The minimum Gasteiger partial charge on any atom is -0.390 e. The molecule has 3 aromatic rings. The van der Waals surface area contributed by atoms with Crippen molar-refractivity contribution in [2.75, 3.05) is 4.90 Å². The molecule has 0 atom stereocenters. The van der Waals surface area contributed by atoms with Crippen LogP contribution in [0.15, 0.2) is 78.0 Å². The van der Waals surface area contributed by atoms with Crippen molar-refractivity contribution < 1.29 is 9.76 Å². The lowest BCUT2D eigenvalue weighted by Gasteiger charge is -2.18. The van der Waals surface area contributed by atoms with Gasteiger partial charge >= 0.3 is 0 Å². The van der Waals surface area contributed by atoms with E-state index in [2.05, 4.69) is 46.5 Å². The average Bonchev–Trinajstić information content (AvgIpc) is 3.18. The molecule has 6 heteroatoms. The molecule has 0 aliphatic carbocycles. The second-order valence-electron chi connectivity index (χ2n) is 7.01. The molecule has 0 bridgehead atoms. The lowest BCUT2D eigenvalue weighted by atomic mass is 10.1. The summed E-state index contributed by atoms with van der Waals surface area (Å²) in [6, 6.07) is 23.2. The van der Waals surface area contributed by atoms with Gasteiger partial charge in [-0.05, 0) is 36.2 Å². The highest BCUT2D eigenvalue weighted by Gasteiger charge is 2.19. The van der Waals surface area contributed by atoms with Gasteiger partial charge in [0.2, 0.25) is 0 Å². The molecule has 1 heterocycles. The van der Waals surface area contributed by atoms with Crippen LogP contribution in [0.4, 0.5) is 11.4 Å². The van der Waals surface area contributed by atoms with Crippen LogP contribution in [-0.4, -0.2) is 10.6 Å². The minimum absolute atomic E-state index is 0.0379. The van der Waals surface area contributed by atoms with Gasteiger partial charge in [-0.15, -0.1) is 0 Å². The predicted molar refractivity (Wildman–Crippen MR) is 113 cm³/mol.